The van der Waals surface area contributed by atoms with Crippen LogP contribution in [0.4, 0.5) is 4.79 Å². The summed E-state index contributed by atoms with van der Waals surface area (Å²) in [7, 11) is 0. The van der Waals surface area contributed by atoms with Crippen molar-refractivity contribution in [2.75, 3.05) is 6.61 Å². The van der Waals surface area contributed by atoms with Crippen LogP contribution in [-0.2, 0) is 10.1 Å². The number of aromatic nitrogens is 2. The molecule has 2 heterocycles. The molecule has 1 aromatic carbocycles. The van der Waals surface area contributed by atoms with Crippen molar-refractivity contribution in [2.45, 2.75) is 12.3 Å². The molecule has 0 fully saturated rings. The summed E-state index contributed by atoms with van der Waals surface area (Å²) in [6.45, 7) is 1.99. The van der Waals surface area contributed by atoms with Crippen molar-refractivity contribution in [1.82, 2.24) is 9.38 Å². The van der Waals surface area contributed by atoms with Gasteiger partial charge in [0.2, 0.25) is 5.88 Å². The Hall–Kier alpha value is -2.34. The van der Waals surface area contributed by atoms with E-state index in [-0.39, 0.29) is 6.61 Å². The van der Waals surface area contributed by atoms with Crippen molar-refractivity contribution in [3.8, 4) is 17.1 Å². The SMILES string of the molecule is CCOC(=O)Oc1c(-c2ccccc2)nc2cc(CBr)ccn12. The molecular weight excluding hydrogens is 360 g/mol. The number of hydrogen-bond donors (Lipinski definition) is 0. The number of nitrogens with zero attached hydrogens (tertiary/aromatic N) is 2. The summed E-state index contributed by atoms with van der Waals surface area (Å²) in [5, 5.41) is 0.727. The number of benzene rings is 1. The van der Waals surface area contributed by atoms with Crippen LogP contribution < -0.4 is 4.74 Å². The molecule has 2 aromatic heterocycles. The minimum absolute atomic E-state index is 0.254. The Balaban J connectivity index is 2.14. The first-order valence-corrected chi connectivity index (χ1v) is 8.32. The van der Waals surface area contributed by atoms with Gasteiger partial charge in [0.25, 0.3) is 0 Å². The average Bonchev–Trinajstić information content (AvgIpc) is 2.93. The summed E-state index contributed by atoms with van der Waals surface area (Å²) >= 11 is 3.43. The number of fused-ring (bicyclic) bond motifs is 1. The van der Waals surface area contributed by atoms with E-state index in [4.69, 9.17) is 9.47 Å². The summed E-state index contributed by atoms with van der Waals surface area (Å²) in [5.74, 6) is 0.353. The quantitative estimate of drug-likeness (QED) is 0.500. The Bertz CT molecular complexity index is 830. The predicted molar refractivity (Wildman–Crippen MR) is 90.9 cm³/mol. The van der Waals surface area contributed by atoms with Gasteiger partial charge in [0, 0.05) is 17.1 Å². The van der Waals surface area contributed by atoms with Gasteiger partial charge in [-0.3, -0.25) is 4.40 Å². The molecule has 0 radical (unpaired) electrons. The lowest BCUT2D eigenvalue weighted by atomic mass is 10.2. The molecule has 3 aromatic rings. The van der Waals surface area contributed by atoms with E-state index in [0.29, 0.717) is 17.2 Å². The topological polar surface area (TPSA) is 52.8 Å². The molecule has 0 amide bonds. The molecule has 0 atom stereocenters. The third-order valence-electron chi connectivity index (χ3n) is 3.29. The lowest BCUT2D eigenvalue weighted by Crippen LogP contribution is -2.11. The van der Waals surface area contributed by atoms with Crippen LogP contribution >= 0.6 is 15.9 Å². The van der Waals surface area contributed by atoms with Crippen molar-refractivity contribution < 1.29 is 14.3 Å². The van der Waals surface area contributed by atoms with Gasteiger partial charge in [-0.25, -0.2) is 9.78 Å². The molecule has 6 heteroatoms. The molecule has 0 aliphatic heterocycles. The van der Waals surface area contributed by atoms with E-state index < -0.39 is 6.16 Å². The van der Waals surface area contributed by atoms with Crippen LogP contribution in [0.5, 0.6) is 5.88 Å². The number of alkyl halides is 1. The molecule has 0 saturated carbocycles. The zero-order chi connectivity index (χ0) is 16.2. The van der Waals surface area contributed by atoms with E-state index in [1.54, 1.807) is 11.3 Å². The standard InChI is InChI=1S/C17H15BrN2O3/c1-2-22-17(21)23-16-15(13-6-4-3-5-7-13)19-14-10-12(11-18)8-9-20(14)16/h3-10H,2,11H2,1H3. The number of carbonyl (C=O) groups is 1. The van der Waals surface area contributed by atoms with Crippen molar-refractivity contribution >= 4 is 27.7 Å². The van der Waals surface area contributed by atoms with Crippen LogP contribution in [0.2, 0.25) is 0 Å². The van der Waals surface area contributed by atoms with E-state index >= 15 is 0 Å². The zero-order valence-electron chi connectivity index (χ0n) is 12.5. The fourth-order valence-electron chi connectivity index (χ4n) is 2.26. The van der Waals surface area contributed by atoms with E-state index in [2.05, 4.69) is 20.9 Å². The highest BCUT2D eigenvalue weighted by Gasteiger charge is 2.19. The number of hydrogen-bond acceptors (Lipinski definition) is 4. The second-order valence-electron chi connectivity index (χ2n) is 4.81. The van der Waals surface area contributed by atoms with Crippen LogP contribution in [0, 0.1) is 0 Å². The van der Waals surface area contributed by atoms with Gasteiger partial charge >= 0.3 is 6.16 Å². The summed E-state index contributed by atoms with van der Waals surface area (Å²) in [6, 6.07) is 13.5. The van der Waals surface area contributed by atoms with Crippen LogP contribution in [0.3, 0.4) is 0 Å². The summed E-state index contributed by atoms with van der Waals surface area (Å²) in [5.41, 5.74) is 3.27. The van der Waals surface area contributed by atoms with E-state index in [0.717, 1.165) is 16.5 Å². The predicted octanol–water partition coefficient (Wildman–Crippen LogP) is 4.43. The Labute approximate surface area is 142 Å². The van der Waals surface area contributed by atoms with Crippen molar-refractivity contribution in [2.24, 2.45) is 0 Å². The van der Waals surface area contributed by atoms with Gasteiger partial charge in [0.1, 0.15) is 11.3 Å². The van der Waals surface area contributed by atoms with Crippen molar-refractivity contribution in [3.63, 3.8) is 0 Å². The Morgan fingerprint density at radius 2 is 2.04 bits per heavy atom. The number of carbonyl (C=O) groups excluding carboxylic acids is 1. The highest BCUT2D eigenvalue weighted by molar-refractivity contribution is 9.08. The second kappa shape index (κ2) is 6.83. The Kier molecular flexibility index (Phi) is 4.62. The number of rotatable bonds is 4. The van der Waals surface area contributed by atoms with Gasteiger partial charge in [0.15, 0.2) is 0 Å². The molecular formula is C17H15BrN2O3. The van der Waals surface area contributed by atoms with Gasteiger partial charge in [-0.1, -0.05) is 46.3 Å². The largest absolute Gasteiger partial charge is 0.515 e. The molecule has 118 valence electrons. The van der Waals surface area contributed by atoms with Gasteiger partial charge < -0.3 is 9.47 Å². The van der Waals surface area contributed by atoms with E-state index in [1.165, 1.54) is 0 Å². The van der Waals surface area contributed by atoms with Crippen molar-refractivity contribution in [1.29, 1.82) is 0 Å². The molecule has 23 heavy (non-hydrogen) atoms. The van der Waals surface area contributed by atoms with E-state index in [1.807, 2.05) is 48.7 Å². The highest BCUT2D eigenvalue weighted by Crippen LogP contribution is 2.31. The normalized spacial score (nSPS) is 10.7. The smallest absolute Gasteiger partial charge is 0.434 e. The number of ether oxygens (including phenoxy) is 2. The summed E-state index contributed by atoms with van der Waals surface area (Å²) < 4.78 is 12.0. The monoisotopic (exact) mass is 374 g/mol. The molecule has 0 unspecified atom stereocenters. The molecule has 3 rings (SSSR count). The van der Waals surface area contributed by atoms with Gasteiger partial charge in [-0.2, -0.15) is 0 Å². The third-order valence-corrected chi connectivity index (χ3v) is 3.94. The first-order valence-electron chi connectivity index (χ1n) is 7.20. The molecule has 0 spiro atoms. The molecule has 0 saturated heterocycles. The maximum absolute atomic E-state index is 11.8. The van der Waals surface area contributed by atoms with Crippen molar-refractivity contribution in [3.05, 3.63) is 54.2 Å². The summed E-state index contributed by atoms with van der Waals surface area (Å²) in [6.07, 6.45) is 1.09. The molecule has 5 nitrogen and oxygen atoms in total. The summed E-state index contributed by atoms with van der Waals surface area (Å²) in [4.78, 5) is 16.4. The fraction of sp³-hybridized carbons (Fsp3) is 0.176. The molecule has 0 aliphatic carbocycles. The molecule has 0 aliphatic rings. The van der Waals surface area contributed by atoms with Crippen LogP contribution in [0.25, 0.3) is 16.9 Å². The van der Waals surface area contributed by atoms with Crippen LogP contribution in [0.1, 0.15) is 12.5 Å². The number of halogens is 1. The third kappa shape index (κ3) is 3.22. The maximum atomic E-state index is 11.8. The maximum Gasteiger partial charge on any atom is 0.515 e. The fourth-order valence-corrected chi connectivity index (χ4v) is 2.60. The number of imidazole rings is 1. The lowest BCUT2D eigenvalue weighted by Gasteiger charge is -2.06. The first kappa shape index (κ1) is 15.6. The highest BCUT2D eigenvalue weighted by atomic mass is 79.9. The molecule has 0 bridgehead atoms. The van der Waals surface area contributed by atoms with Crippen LogP contribution in [0.15, 0.2) is 48.7 Å². The zero-order valence-corrected chi connectivity index (χ0v) is 14.1. The number of pyridine rings is 1. The van der Waals surface area contributed by atoms with Gasteiger partial charge in [-0.05, 0) is 24.6 Å². The minimum Gasteiger partial charge on any atom is -0.434 e. The van der Waals surface area contributed by atoms with Gasteiger partial charge in [-0.15, -0.1) is 0 Å². The first-order chi connectivity index (χ1) is 11.2. The minimum atomic E-state index is -0.740. The average molecular weight is 375 g/mol. The van der Waals surface area contributed by atoms with E-state index in [9.17, 15) is 4.79 Å². The molecule has 0 N–H and O–H groups in total. The van der Waals surface area contributed by atoms with Crippen LogP contribution in [-0.4, -0.2) is 22.1 Å². The second-order valence-corrected chi connectivity index (χ2v) is 5.37. The van der Waals surface area contributed by atoms with Gasteiger partial charge in [0.05, 0.1) is 6.61 Å². The Morgan fingerprint density at radius 3 is 2.74 bits per heavy atom. The Morgan fingerprint density at radius 1 is 1.26 bits per heavy atom. The lowest BCUT2D eigenvalue weighted by molar-refractivity contribution is 0.102.